The fraction of sp³-hybridized carbons (Fsp3) is 0.407. The molecule has 174 valence electrons. The lowest BCUT2D eigenvalue weighted by Crippen LogP contribution is -2.27. The largest absolute Gasteiger partial charge is 0.337 e. The van der Waals surface area contributed by atoms with Crippen LogP contribution in [0.4, 0.5) is 0 Å². The SMILES string of the molecule is Cc1nn(C)c(C)c1CN(C)C(=O)c1cc(C2CC2)nc2c1c(C1CC1)nn2-c1ccccc1. The highest BCUT2D eigenvalue weighted by Crippen LogP contribution is 2.45. The van der Waals surface area contributed by atoms with Crippen molar-refractivity contribution in [3.8, 4) is 5.69 Å². The van der Waals surface area contributed by atoms with E-state index in [0.717, 1.165) is 76.3 Å². The van der Waals surface area contributed by atoms with Gasteiger partial charge in [0, 0.05) is 49.4 Å². The summed E-state index contributed by atoms with van der Waals surface area (Å²) in [5.41, 5.74) is 7.71. The van der Waals surface area contributed by atoms with Gasteiger partial charge in [-0.15, -0.1) is 0 Å². The van der Waals surface area contributed by atoms with Crippen LogP contribution in [0.5, 0.6) is 0 Å². The van der Waals surface area contributed by atoms with Crippen molar-refractivity contribution in [1.82, 2.24) is 29.4 Å². The average molecular weight is 455 g/mol. The second-order valence-corrected chi connectivity index (χ2v) is 9.91. The normalized spacial score (nSPS) is 15.8. The van der Waals surface area contributed by atoms with Crippen molar-refractivity contribution in [2.24, 2.45) is 7.05 Å². The highest BCUT2D eigenvalue weighted by Gasteiger charge is 2.35. The Morgan fingerprint density at radius 3 is 2.38 bits per heavy atom. The highest BCUT2D eigenvalue weighted by molar-refractivity contribution is 6.07. The minimum atomic E-state index is 0.0199. The Bertz CT molecular complexity index is 1410. The van der Waals surface area contributed by atoms with E-state index in [9.17, 15) is 4.79 Å². The molecule has 0 aliphatic heterocycles. The van der Waals surface area contributed by atoms with Crippen LogP contribution in [0.3, 0.4) is 0 Å². The maximum absolute atomic E-state index is 14.0. The van der Waals surface area contributed by atoms with Crippen LogP contribution in [0, 0.1) is 13.8 Å². The molecule has 2 aliphatic carbocycles. The monoisotopic (exact) mass is 454 g/mol. The van der Waals surface area contributed by atoms with Gasteiger partial charge in [-0.05, 0) is 57.7 Å². The molecule has 3 aromatic heterocycles. The first-order valence-corrected chi connectivity index (χ1v) is 12.2. The molecule has 0 radical (unpaired) electrons. The van der Waals surface area contributed by atoms with E-state index in [1.165, 1.54) is 0 Å². The molecule has 2 saturated carbocycles. The molecule has 6 rings (SSSR count). The van der Waals surface area contributed by atoms with E-state index in [1.807, 2.05) is 59.5 Å². The molecule has 7 nitrogen and oxygen atoms in total. The zero-order valence-corrected chi connectivity index (χ0v) is 20.2. The number of hydrogen-bond donors (Lipinski definition) is 0. The second-order valence-electron chi connectivity index (χ2n) is 9.91. The average Bonchev–Trinajstić information content (AvgIpc) is 3.77. The zero-order chi connectivity index (χ0) is 23.6. The fourth-order valence-corrected chi connectivity index (χ4v) is 4.87. The number of fused-ring (bicyclic) bond motifs is 1. The number of rotatable bonds is 6. The van der Waals surface area contributed by atoms with Gasteiger partial charge in [0.1, 0.15) is 0 Å². The number of nitrogens with zero attached hydrogens (tertiary/aromatic N) is 6. The van der Waals surface area contributed by atoms with Gasteiger partial charge < -0.3 is 4.90 Å². The van der Waals surface area contributed by atoms with Crippen molar-refractivity contribution in [2.75, 3.05) is 7.05 Å². The third-order valence-electron chi connectivity index (χ3n) is 7.28. The molecule has 0 N–H and O–H groups in total. The van der Waals surface area contributed by atoms with E-state index in [0.29, 0.717) is 18.4 Å². The summed E-state index contributed by atoms with van der Waals surface area (Å²) in [6, 6.07) is 12.2. The van der Waals surface area contributed by atoms with Crippen molar-refractivity contribution in [3.05, 3.63) is 70.3 Å². The molecule has 1 amide bonds. The Hall–Kier alpha value is -3.48. The predicted octanol–water partition coefficient (Wildman–Crippen LogP) is 4.80. The van der Waals surface area contributed by atoms with E-state index in [2.05, 4.69) is 24.2 Å². The van der Waals surface area contributed by atoms with Gasteiger partial charge in [-0.1, -0.05) is 18.2 Å². The molecule has 0 saturated heterocycles. The van der Waals surface area contributed by atoms with E-state index in [1.54, 1.807) is 0 Å². The van der Waals surface area contributed by atoms with Crippen LogP contribution in [0.1, 0.15) is 76.2 Å². The van der Waals surface area contributed by atoms with E-state index in [-0.39, 0.29) is 5.91 Å². The quantitative estimate of drug-likeness (QED) is 0.420. The van der Waals surface area contributed by atoms with Crippen molar-refractivity contribution in [3.63, 3.8) is 0 Å². The molecule has 7 heteroatoms. The Morgan fingerprint density at radius 2 is 1.76 bits per heavy atom. The van der Waals surface area contributed by atoms with Crippen molar-refractivity contribution < 1.29 is 4.79 Å². The lowest BCUT2D eigenvalue weighted by atomic mass is 10.0. The van der Waals surface area contributed by atoms with Gasteiger partial charge in [-0.3, -0.25) is 9.48 Å². The van der Waals surface area contributed by atoms with Gasteiger partial charge in [-0.25, -0.2) is 9.67 Å². The molecule has 0 spiro atoms. The molecule has 4 aromatic rings. The molecule has 0 unspecified atom stereocenters. The van der Waals surface area contributed by atoms with Gasteiger partial charge >= 0.3 is 0 Å². The summed E-state index contributed by atoms with van der Waals surface area (Å²) in [6.07, 6.45) is 4.49. The van der Waals surface area contributed by atoms with E-state index < -0.39 is 0 Å². The Morgan fingerprint density at radius 1 is 1.06 bits per heavy atom. The van der Waals surface area contributed by atoms with Crippen LogP contribution in [-0.4, -0.2) is 42.4 Å². The fourth-order valence-electron chi connectivity index (χ4n) is 4.87. The van der Waals surface area contributed by atoms with Crippen molar-refractivity contribution in [2.45, 2.75) is 57.9 Å². The van der Waals surface area contributed by atoms with Gasteiger partial charge in [0.2, 0.25) is 0 Å². The zero-order valence-electron chi connectivity index (χ0n) is 20.2. The van der Waals surface area contributed by atoms with Crippen LogP contribution in [-0.2, 0) is 13.6 Å². The van der Waals surface area contributed by atoms with Gasteiger partial charge in [0.15, 0.2) is 5.65 Å². The summed E-state index contributed by atoms with van der Waals surface area (Å²) in [6.45, 7) is 4.59. The molecule has 2 fully saturated rings. The lowest BCUT2D eigenvalue weighted by Gasteiger charge is -2.19. The summed E-state index contributed by atoms with van der Waals surface area (Å²) < 4.78 is 3.83. The molecule has 34 heavy (non-hydrogen) atoms. The number of aryl methyl sites for hydroxylation is 2. The lowest BCUT2D eigenvalue weighted by molar-refractivity contribution is 0.0786. The van der Waals surface area contributed by atoms with Gasteiger partial charge in [-0.2, -0.15) is 10.2 Å². The topological polar surface area (TPSA) is 68.8 Å². The van der Waals surface area contributed by atoms with Crippen LogP contribution in [0.25, 0.3) is 16.7 Å². The first-order valence-electron chi connectivity index (χ1n) is 12.2. The molecule has 3 heterocycles. The smallest absolute Gasteiger partial charge is 0.254 e. The number of amides is 1. The maximum atomic E-state index is 14.0. The third kappa shape index (κ3) is 3.50. The Kier molecular flexibility index (Phi) is 4.83. The summed E-state index contributed by atoms with van der Waals surface area (Å²) >= 11 is 0. The number of carbonyl (C=O) groups excluding carboxylic acids is 1. The highest BCUT2D eigenvalue weighted by atomic mass is 16.2. The van der Waals surface area contributed by atoms with Crippen LogP contribution < -0.4 is 0 Å². The van der Waals surface area contributed by atoms with Crippen LogP contribution in [0.15, 0.2) is 36.4 Å². The maximum Gasteiger partial charge on any atom is 0.254 e. The Labute approximate surface area is 199 Å². The second kappa shape index (κ2) is 7.79. The molecule has 0 atom stereocenters. The minimum Gasteiger partial charge on any atom is -0.337 e. The summed E-state index contributed by atoms with van der Waals surface area (Å²) in [5, 5.41) is 10.5. The molecule has 1 aromatic carbocycles. The van der Waals surface area contributed by atoms with E-state index in [4.69, 9.17) is 10.1 Å². The summed E-state index contributed by atoms with van der Waals surface area (Å²) in [7, 11) is 3.83. The molecule has 0 bridgehead atoms. The van der Waals surface area contributed by atoms with Crippen molar-refractivity contribution >= 4 is 16.9 Å². The molecule has 2 aliphatic rings. The molecular weight excluding hydrogens is 424 g/mol. The number of aromatic nitrogens is 5. The number of carbonyl (C=O) groups is 1. The van der Waals surface area contributed by atoms with Crippen LogP contribution >= 0.6 is 0 Å². The molecular formula is C27H30N6O. The van der Waals surface area contributed by atoms with Crippen LogP contribution in [0.2, 0.25) is 0 Å². The van der Waals surface area contributed by atoms with Gasteiger partial charge in [0.25, 0.3) is 5.91 Å². The summed E-state index contributed by atoms with van der Waals surface area (Å²) in [4.78, 5) is 20.9. The third-order valence-corrected chi connectivity index (χ3v) is 7.28. The first kappa shape index (κ1) is 21.1. The number of benzene rings is 1. The number of pyridine rings is 1. The minimum absolute atomic E-state index is 0.0199. The van der Waals surface area contributed by atoms with Crippen molar-refractivity contribution in [1.29, 1.82) is 0 Å². The van der Waals surface area contributed by atoms with Gasteiger partial charge in [0.05, 0.1) is 28.0 Å². The standard InChI is InChI=1S/C27H30N6O/c1-16-22(17(2)32(4)29-16)15-31(3)27(34)21-14-23(18-10-11-18)28-26-24(21)25(19-12-13-19)30-33(26)20-8-6-5-7-9-20/h5-9,14,18-19H,10-13,15H2,1-4H3. The first-order chi connectivity index (χ1) is 16.4. The number of hydrogen-bond acceptors (Lipinski definition) is 4. The van der Waals surface area contributed by atoms with E-state index >= 15 is 0 Å². The Balaban J connectivity index is 1.49. The summed E-state index contributed by atoms with van der Waals surface area (Å²) in [5.74, 6) is 0.861. The predicted molar refractivity (Wildman–Crippen MR) is 131 cm³/mol. The number of para-hydroxylation sites is 1.